The molecule has 1 fully saturated rings. The molecule has 2 aliphatic rings. The van der Waals surface area contributed by atoms with Gasteiger partial charge in [0, 0.05) is 46.2 Å². The molecule has 0 bridgehead atoms. The lowest BCUT2D eigenvalue weighted by molar-refractivity contribution is -0.123. The maximum Gasteiger partial charge on any atom is 0.269 e. The first-order valence-electron chi connectivity index (χ1n) is 10.4. The van der Waals surface area contributed by atoms with Crippen molar-refractivity contribution in [1.29, 1.82) is 0 Å². The Morgan fingerprint density at radius 3 is 2.74 bits per heavy atom. The predicted molar refractivity (Wildman–Crippen MR) is 115 cm³/mol. The van der Waals surface area contributed by atoms with Crippen LogP contribution in [0.5, 0.6) is 5.75 Å². The number of hydrogen-bond donors (Lipinski definition) is 2. The summed E-state index contributed by atoms with van der Waals surface area (Å²) in [4.78, 5) is 32.5. The molecule has 1 saturated heterocycles. The van der Waals surface area contributed by atoms with Crippen molar-refractivity contribution >= 4 is 23.2 Å². The first kappa shape index (κ1) is 21.0. The summed E-state index contributed by atoms with van der Waals surface area (Å²) in [5.74, 6) is 0.0900. The second-order valence-electron chi connectivity index (χ2n) is 7.65. The number of nitrogens with zero attached hydrogens (tertiary/aromatic N) is 3. The zero-order valence-electron chi connectivity index (χ0n) is 17.4. The van der Waals surface area contributed by atoms with Crippen LogP contribution in [0.4, 0.5) is 15.8 Å². The van der Waals surface area contributed by atoms with Crippen molar-refractivity contribution in [1.82, 2.24) is 15.2 Å². The molecular weight excluding hydrogens is 401 g/mol. The Morgan fingerprint density at radius 1 is 1.26 bits per heavy atom. The quantitative estimate of drug-likeness (QED) is 0.732. The van der Waals surface area contributed by atoms with Crippen LogP contribution in [0.2, 0.25) is 0 Å². The monoisotopic (exact) mass is 427 g/mol. The van der Waals surface area contributed by atoms with Gasteiger partial charge in [0.25, 0.3) is 11.8 Å². The smallest absolute Gasteiger partial charge is 0.269 e. The van der Waals surface area contributed by atoms with Crippen LogP contribution in [-0.2, 0) is 11.3 Å². The van der Waals surface area contributed by atoms with Gasteiger partial charge in [-0.05, 0) is 29.8 Å². The number of carbonyl (C=O) groups is 2. The number of carbonyl (C=O) groups excluding carboxylic acids is 2. The zero-order valence-corrected chi connectivity index (χ0v) is 17.4. The van der Waals surface area contributed by atoms with E-state index in [0.717, 1.165) is 44.0 Å². The highest BCUT2D eigenvalue weighted by Crippen LogP contribution is 2.31. The summed E-state index contributed by atoms with van der Waals surface area (Å²) in [6.45, 7) is 3.66. The van der Waals surface area contributed by atoms with Crippen molar-refractivity contribution in [3.05, 3.63) is 47.8 Å². The minimum absolute atomic E-state index is 0.0569. The van der Waals surface area contributed by atoms with Gasteiger partial charge in [-0.25, -0.2) is 4.98 Å². The molecule has 1 aromatic heterocycles. The van der Waals surface area contributed by atoms with Gasteiger partial charge in [0.15, 0.2) is 6.10 Å². The van der Waals surface area contributed by atoms with Gasteiger partial charge in [-0.15, -0.1) is 0 Å². The van der Waals surface area contributed by atoms with Crippen LogP contribution in [0.3, 0.4) is 0 Å². The van der Waals surface area contributed by atoms with E-state index < -0.39 is 12.8 Å². The van der Waals surface area contributed by atoms with E-state index in [1.165, 1.54) is 0 Å². The van der Waals surface area contributed by atoms with Crippen molar-refractivity contribution in [3.8, 4) is 5.75 Å². The summed E-state index contributed by atoms with van der Waals surface area (Å²) in [6, 6.07) is 9.41. The molecule has 0 unspecified atom stereocenters. The largest absolute Gasteiger partial charge is 0.478 e. The summed E-state index contributed by atoms with van der Waals surface area (Å²) in [5.41, 5.74) is 3.13. The third kappa shape index (κ3) is 4.77. The van der Waals surface area contributed by atoms with E-state index in [-0.39, 0.29) is 18.2 Å². The molecule has 31 heavy (non-hydrogen) atoms. The van der Waals surface area contributed by atoms with Gasteiger partial charge in [-0.1, -0.05) is 6.07 Å². The van der Waals surface area contributed by atoms with E-state index in [9.17, 15) is 14.0 Å². The number of benzene rings is 1. The van der Waals surface area contributed by atoms with Crippen LogP contribution in [0, 0.1) is 0 Å². The minimum atomic E-state index is -0.767. The second-order valence-corrected chi connectivity index (χ2v) is 7.65. The fourth-order valence-corrected chi connectivity index (χ4v) is 3.84. The van der Waals surface area contributed by atoms with Crippen LogP contribution in [0.1, 0.15) is 22.5 Å². The molecule has 2 amide bonds. The Bertz CT molecular complexity index is 945. The third-order valence-corrected chi connectivity index (χ3v) is 5.59. The van der Waals surface area contributed by atoms with Crippen LogP contribution < -0.4 is 20.3 Å². The Morgan fingerprint density at radius 2 is 2.06 bits per heavy atom. The molecule has 0 radical (unpaired) electrons. The molecule has 1 aromatic carbocycles. The first-order valence-corrected chi connectivity index (χ1v) is 10.4. The van der Waals surface area contributed by atoms with Crippen LogP contribution >= 0.6 is 0 Å². The number of pyridine rings is 1. The highest BCUT2D eigenvalue weighted by Gasteiger charge is 2.27. The summed E-state index contributed by atoms with van der Waals surface area (Å²) in [5, 5.41) is 5.40. The molecule has 8 nitrogen and oxygen atoms in total. The SMILES string of the molecule is CNC(=O)c1ccc(N2CCN(Cc3ccc4c(c3)NC(=O)[C@@H](CCF)O4)CC2)cn1. The van der Waals surface area contributed by atoms with E-state index in [0.29, 0.717) is 17.1 Å². The molecule has 1 atom stereocenters. The number of ether oxygens (including phenoxy) is 1. The summed E-state index contributed by atoms with van der Waals surface area (Å²) in [6.07, 6.45) is 1.03. The number of rotatable bonds is 6. The number of aromatic nitrogens is 1. The Hall–Kier alpha value is -3.20. The predicted octanol–water partition coefficient (Wildman–Crippen LogP) is 1.82. The Labute approximate surface area is 180 Å². The Kier molecular flexibility index (Phi) is 6.31. The van der Waals surface area contributed by atoms with Gasteiger partial charge < -0.3 is 20.3 Å². The molecule has 0 aliphatic carbocycles. The lowest BCUT2D eigenvalue weighted by atomic mass is 10.1. The molecule has 4 rings (SSSR count). The number of nitrogens with one attached hydrogen (secondary N) is 2. The lowest BCUT2D eigenvalue weighted by Gasteiger charge is -2.36. The van der Waals surface area contributed by atoms with E-state index in [4.69, 9.17) is 4.74 Å². The highest BCUT2D eigenvalue weighted by molar-refractivity contribution is 5.97. The standard InChI is InChI=1S/C22H26FN5O3/c1-24-21(29)17-4-3-16(13-25-17)28-10-8-27(9-11-28)14-15-2-5-19-18(12-15)26-22(30)20(31-19)6-7-23/h2-5,12-13,20H,6-11,14H2,1H3,(H,24,29)(H,26,30)/t20-/m1/s1. The normalized spacial score (nSPS) is 18.7. The van der Waals surface area contributed by atoms with Gasteiger partial charge in [0.2, 0.25) is 0 Å². The van der Waals surface area contributed by atoms with Gasteiger partial charge in [0.05, 0.1) is 24.2 Å². The van der Waals surface area contributed by atoms with Crippen LogP contribution in [0.15, 0.2) is 36.5 Å². The molecule has 0 saturated carbocycles. The zero-order chi connectivity index (χ0) is 21.8. The molecule has 9 heteroatoms. The average molecular weight is 427 g/mol. The molecular formula is C22H26FN5O3. The fraction of sp³-hybridized carbons (Fsp3) is 0.409. The summed E-state index contributed by atoms with van der Waals surface area (Å²) in [7, 11) is 1.59. The first-order chi connectivity index (χ1) is 15.1. The van der Waals surface area contributed by atoms with Crippen molar-refractivity contribution < 1.29 is 18.7 Å². The summed E-state index contributed by atoms with van der Waals surface area (Å²) >= 11 is 0. The lowest BCUT2D eigenvalue weighted by Crippen LogP contribution is -2.46. The van der Waals surface area contributed by atoms with Crippen molar-refractivity contribution in [3.63, 3.8) is 0 Å². The number of fused-ring (bicyclic) bond motifs is 1. The maximum atomic E-state index is 12.6. The number of halogens is 1. The van der Waals surface area contributed by atoms with Crippen LogP contribution in [-0.4, -0.2) is 67.7 Å². The number of anilines is 2. The average Bonchev–Trinajstić information content (AvgIpc) is 2.80. The second kappa shape index (κ2) is 9.30. The number of piperazine rings is 1. The Balaban J connectivity index is 1.33. The number of alkyl halides is 1. The highest BCUT2D eigenvalue weighted by atomic mass is 19.1. The van der Waals surface area contributed by atoms with Crippen molar-refractivity contribution in [2.45, 2.75) is 19.1 Å². The van der Waals surface area contributed by atoms with Gasteiger partial charge in [-0.3, -0.25) is 18.9 Å². The van der Waals surface area contributed by atoms with Crippen molar-refractivity contribution in [2.75, 3.05) is 50.1 Å². The molecule has 3 heterocycles. The molecule has 164 valence electrons. The van der Waals surface area contributed by atoms with E-state index >= 15 is 0 Å². The topological polar surface area (TPSA) is 86.8 Å². The molecule has 0 spiro atoms. The summed E-state index contributed by atoms with van der Waals surface area (Å²) < 4.78 is 18.2. The fourth-order valence-electron chi connectivity index (χ4n) is 3.84. The van der Waals surface area contributed by atoms with E-state index in [1.54, 1.807) is 19.3 Å². The third-order valence-electron chi connectivity index (χ3n) is 5.59. The minimum Gasteiger partial charge on any atom is -0.478 e. The molecule has 2 aliphatic heterocycles. The van der Waals surface area contributed by atoms with Crippen LogP contribution in [0.25, 0.3) is 0 Å². The molecule has 2 N–H and O–H groups in total. The van der Waals surface area contributed by atoms with Gasteiger partial charge in [0.1, 0.15) is 11.4 Å². The van der Waals surface area contributed by atoms with Crippen molar-refractivity contribution in [2.24, 2.45) is 0 Å². The molecule has 2 aromatic rings. The van der Waals surface area contributed by atoms with E-state index in [1.807, 2.05) is 24.3 Å². The van der Waals surface area contributed by atoms with E-state index in [2.05, 4.69) is 25.4 Å². The maximum absolute atomic E-state index is 12.6. The van der Waals surface area contributed by atoms with Gasteiger partial charge >= 0.3 is 0 Å². The number of hydrogen-bond acceptors (Lipinski definition) is 6. The number of amides is 2. The van der Waals surface area contributed by atoms with Gasteiger partial charge in [-0.2, -0.15) is 0 Å².